The monoisotopic (exact) mass is 214 g/mol. The van der Waals surface area contributed by atoms with Gasteiger partial charge in [-0.25, -0.2) is 0 Å². The number of benzene rings is 2. The molecule has 2 aromatic carbocycles. The third-order valence-electron chi connectivity index (χ3n) is 3.48. The minimum atomic E-state index is 0.364. The number of fused-ring (bicyclic) bond motifs is 2. The average Bonchev–Trinajstić information content (AvgIpc) is 2.36. The number of phenolic OH excluding ortho intramolecular Hbond substituents is 2. The Hall–Kier alpha value is -1.70. The van der Waals surface area contributed by atoms with Crippen molar-refractivity contribution >= 4 is 10.8 Å². The van der Waals surface area contributed by atoms with Gasteiger partial charge in [-0.2, -0.15) is 0 Å². The van der Waals surface area contributed by atoms with Crippen LogP contribution in [0.3, 0.4) is 0 Å². The summed E-state index contributed by atoms with van der Waals surface area (Å²) in [5, 5.41) is 21.9. The van der Waals surface area contributed by atoms with Crippen LogP contribution in [0, 0.1) is 0 Å². The lowest BCUT2D eigenvalue weighted by Crippen LogP contribution is -2.03. The third kappa shape index (κ3) is 1.19. The van der Waals surface area contributed by atoms with Crippen molar-refractivity contribution in [3.63, 3.8) is 0 Å². The Morgan fingerprint density at radius 3 is 1.62 bits per heavy atom. The van der Waals surface area contributed by atoms with Crippen molar-refractivity contribution in [2.45, 2.75) is 25.7 Å². The van der Waals surface area contributed by atoms with Gasteiger partial charge in [-0.1, -0.05) is 24.3 Å². The molecule has 3 rings (SSSR count). The van der Waals surface area contributed by atoms with Gasteiger partial charge in [0.05, 0.1) is 0 Å². The van der Waals surface area contributed by atoms with Crippen molar-refractivity contribution in [3.05, 3.63) is 35.4 Å². The molecule has 2 N–H and O–H groups in total. The van der Waals surface area contributed by atoms with Crippen molar-refractivity contribution in [1.82, 2.24) is 0 Å². The fourth-order valence-electron chi connectivity index (χ4n) is 2.65. The molecule has 16 heavy (non-hydrogen) atoms. The largest absolute Gasteiger partial charge is 0.507 e. The highest BCUT2D eigenvalue weighted by atomic mass is 16.3. The van der Waals surface area contributed by atoms with Crippen molar-refractivity contribution in [3.8, 4) is 11.5 Å². The van der Waals surface area contributed by atoms with E-state index in [2.05, 4.69) is 0 Å². The van der Waals surface area contributed by atoms with E-state index in [4.69, 9.17) is 0 Å². The molecule has 1 aliphatic rings. The molecule has 1 aliphatic carbocycles. The minimum absolute atomic E-state index is 0.364. The first-order valence-corrected chi connectivity index (χ1v) is 5.73. The average molecular weight is 214 g/mol. The summed E-state index contributed by atoms with van der Waals surface area (Å²) in [5.41, 5.74) is 1.89. The zero-order chi connectivity index (χ0) is 11.1. The highest BCUT2D eigenvalue weighted by Crippen LogP contribution is 2.42. The molecule has 82 valence electrons. The summed E-state index contributed by atoms with van der Waals surface area (Å²) in [4.78, 5) is 0. The first-order valence-electron chi connectivity index (χ1n) is 5.73. The van der Waals surface area contributed by atoms with Crippen LogP contribution in [0.4, 0.5) is 0 Å². The molecule has 0 radical (unpaired) electrons. The van der Waals surface area contributed by atoms with E-state index in [1.807, 2.05) is 24.3 Å². The van der Waals surface area contributed by atoms with Crippen molar-refractivity contribution < 1.29 is 10.2 Å². The second-order valence-corrected chi connectivity index (χ2v) is 4.41. The predicted molar refractivity (Wildman–Crippen MR) is 63.9 cm³/mol. The van der Waals surface area contributed by atoms with Crippen molar-refractivity contribution in [1.29, 1.82) is 0 Å². The number of hydrogen-bond acceptors (Lipinski definition) is 2. The van der Waals surface area contributed by atoms with Crippen LogP contribution in [0.15, 0.2) is 24.3 Å². The summed E-state index contributed by atoms with van der Waals surface area (Å²) in [5.74, 6) is 0.728. The van der Waals surface area contributed by atoms with E-state index >= 15 is 0 Å². The molecule has 0 amide bonds. The second-order valence-electron chi connectivity index (χ2n) is 4.41. The molecule has 0 aliphatic heterocycles. The number of rotatable bonds is 0. The predicted octanol–water partition coefficient (Wildman–Crippen LogP) is 3.13. The molecule has 0 heterocycles. The van der Waals surface area contributed by atoms with Gasteiger partial charge in [-0.15, -0.1) is 0 Å². The molecule has 0 spiro atoms. The van der Waals surface area contributed by atoms with Gasteiger partial charge in [0.2, 0.25) is 0 Å². The van der Waals surface area contributed by atoms with Gasteiger partial charge in [0.1, 0.15) is 11.5 Å². The third-order valence-corrected chi connectivity index (χ3v) is 3.48. The number of hydrogen-bond donors (Lipinski definition) is 2. The first kappa shape index (κ1) is 9.52. The Balaban J connectivity index is 2.44. The number of aromatic hydroxyl groups is 2. The second kappa shape index (κ2) is 3.41. The highest BCUT2D eigenvalue weighted by molar-refractivity contribution is 5.95. The SMILES string of the molecule is Oc1c2c(c(O)c3ccccc13)CCCC2. The van der Waals surface area contributed by atoms with E-state index in [0.29, 0.717) is 11.5 Å². The lowest BCUT2D eigenvalue weighted by molar-refractivity contribution is 0.449. The molecule has 0 fully saturated rings. The van der Waals surface area contributed by atoms with E-state index in [9.17, 15) is 10.2 Å². The van der Waals surface area contributed by atoms with E-state index in [1.165, 1.54) is 0 Å². The molecule has 0 saturated carbocycles. The topological polar surface area (TPSA) is 40.5 Å². The highest BCUT2D eigenvalue weighted by Gasteiger charge is 2.20. The van der Waals surface area contributed by atoms with Gasteiger partial charge < -0.3 is 10.2 Å². The molecule has 0 unspecified atom stereocenters. The van der Waals surface area contributed by atoms with Gasteiger partial charge in [0, 0.05) is 21.9 Å². The zero-order valence-electron chi connectivity index (χ0n) is 9.03. The Morgan fingerprint density at radius 2 is 1.19 bits per heavy atom. The van der Waals surface area contributed by atoms with Crippen LogP contribution in [0.1, 0.15) is 24.0 Å². The summed E-state index contributed by atoms with van der Waals surface area (Å²) in [6.45, 7) is 0. The van der Waals surface area contributed by atoms with Crippen LogP contribution in [-0.2, 0) is 12.8 Å². The van der Waals surface area contributed by atoms with Crippen LogP contribution < -0.4 is 0 Å². The number of phenols is 2. The van der Waals surface area contributed by atoms with Crippen molar-refractivity contribution in [2.75, 3.05) is 0 Å². The van der Waals surface area contributed by atoms with Gasteiger partial charge in [-0.05, 0) is 25.7 Å². The summed E-state index contributed by atoms with van der Waals surface area (Å²) >= 11 is 0. The summed E-state index contributed by atoms with van der Waals surface area (Å²) < 4.78 is 0. The van der Waals surface area contributed by atoms with Gasteiger partial charge in [-0.3, -0.25) is 0 Å². The van der Waals surface area contributed by atoms with Gasteiger partial charge >= 0.3 is 0 Å². The van der Waals surface area contributed by atoms with E-state index in [1.54, 1.807) is 0 Å². The van der Waals surface area contributed by atoms with Crippen LogP contribution in [0.5, 0.6) is 11.5 Å². The normalized spacial score (nSPS) is 15.0. The lowest BCUT2D eigenvalue weighted by atomic mass is 9.87. The molecule has 0 aromatic heterocycles. The van der Waals surface area contributed by atoms with Crippen LogP contribution in [-0.4, -0.2) is 10.2 Å². The molecule has 0 bridgehead atoms. The van der Waals surface area contributed by atoms with Crippen molar-refractivity contribution in [2.24, 2.45) is 0 Å². The Labute approximate surface area is 94.2 Å². The summed E-state index contributed by atoms with van der Waals surface area (Å²) in [6, 6.07) is 7.49. The quantitative estimate of drug-likeness (QED) is 0.661. The lowest BCUT2D eigenvalue weighted by Gasteiger charge is -2.20. The van der Waals surface area contributed by atoms with E-state index in [0.717, 1.165) is 47.6 Å². The summed E-state index contributed by atoms with van der Waals surface area (Å²) in [7, 11) is 0. The summed E-state index contributed by atoms with van der Waals surface area (Å²) in [6.07, 6.45) is 3.94. The molecule has 2 nitrogen and oxygen atoms in total. The van der Waals surface area contributed by atoms with E-state index in [-0.39, 0.29) is 0 Å². The maximum absolute atomic E-state index is 10.2. The maximum atomic E-state index is 10.2. The Morgan fingerprint density at radius 1 is 0.750 bits per heavy atom. The molecule has 2 aromatic rings. The minimum Gasteiger partial charge on any atom is -0.507 e. The molecule has 2 heteroatoms. The van der Waals surface area contributed by atoms with Crippen LogP contribution >= 0.6 is 0 Å². The van der Waals surface area contributed by atoms with Gasteiger partial charge in [0.15, 0.2) is 0 Å². The standard InChI is InChI=1S/C14H14O2/c15-13-9-5-1-2-6-10(9)14(16)12-8-4-3-7-11(12)13/h1-2,5-6,15-16H,3-4,7-8H2. The van der Waals surface area contributed by atoms with Gasteiger partial charge in [0.25, 0.3) is 0 Å². The van der Waals surface area contributed by atoms with E-state index < -0.39 is 0 Å². The smallest absolute Gasteiger partial charge is 0.127 e. The Kier molecular flexibility index (Phi) is 2.03. The fourth-order valence-corrected chi connectivity index (χ4v) is 2.65. The van der Waals surface area contributed by atoms with Crippen LogP contribution in [0.25, 0.3) is 10.8 Å². The van der Waals surface area contributed by atoms with Crippen LogP contribution in [0.2, 0.25) is 0 Å². The molecular formula is C14H14O2. The molecule has 0 saturated heterocycles. The Bertz CT molecular complexity index is 508. The molecule has 0 atom stereocenters. The maximum Gasteiger partial charge on any atom is 0.127 e. The zero-order valence-corrected chi connectivity index (χ0v) is 9.03. The fraction of sp³-hybridized carbons (Fsp3) is 0.286. The molecular weight excluding hydrogens is 200 g/mol. The first-order chi connectivity index (χ1) is 7.79.